The van der Waals surface area contributed by atoms with E-state index in [1.54, 1.807) is 25.3 Å². The fourth-order valence-electron chi connectivity index (χ4n) is 1.41. The van der Waals surface area contributed by atoms with Crippen molar-refractivity contribution in [3.63, 3.8) is 0 Å². The first-order chi connectivity index (χ1) is 8.22. The quantitative estimate of drug-likeness (QED) is 0.731. The highest BCUT2D eigenvalue weighted by Crippen LogP contribution is 2.14. The molecule has 0 amide bonds. The molecule has 1 unspecified atom stereocenters. The third-order valence-corrected chi connectivity index (χ3v) is 2.42. The first-order valence-electron chi connectivity index (χ1n) is 5.81. The van der Waals surface area contributed by atoms with Crippen molar-refractivity contribution in [3.8, 4) is 0 Å². The smallest absolute Gasteiger partial charge is 0.341 e. The van der Waals surface area contributed by atoms with E-state index in [1.165, 1.54) is 0 Å². The van der Waals surface area contributed by atoms with Gasteiger partial charge in [0.2, 0.25) is 0 Å². The molecular formula is C12H19N3O2. The molecule has 0 radical (unpaired) electrons. The van der Waals surface area contributed by atoms with Crippen LogP contribution in [0.5, 0.6) is 0 Å². The maximum atomic E-state index is 11.7. The van der Waals surface area contributed by atoms with Crippen LogP contribution >= 0.6 is 0 Å². The summed E-state index contributed by atoms with van der Waals surface area (Å²) in [5.41, 5.74) is 6.06. The second-order valence-corrected chi connectivity index (χ2v) is 3.61. The minimum Gasteiger partial charge on any atom is -0.462 e. The summed E-state index contributed by atoms with van der Waals surface area (Å²) in [6, 6.07) is 3.51. The molecule has 0 bridgehead atoms. The monoisotopic (exact) mass is 237 g/mol. The Labute approximate surface area is 101 Å². The summed E-state index contributed by atoms with van der Waals surface area (Å²) in [4.78, 5) is 15.8. The van der Waals surface area contributed by atoms with Gasteiger partial charge in [0, 0.05) is 18.8 Å². The minimum absolute atomic E-state index is 0.109. The zero-order chi connectivity index (χ0) is 12.7. The number of hydrogen-bond donors (Lipinski definition) is 2. The van der Waals surface area contributed by atoms with E-state index in [2.05, 4.69) is 10.3 Å². The Hall–Kier alpha value is -1.62. The number of aromatic nitrogens is 1. The van der Waals surface area contributed by atoms with Crippen LogP contribution in [-0.2, 0) is 4.74 Å². The number of nitrogens with two attached hydrogens (primary N) is 1. The molecule has 0 spiro atoms. The van der Waals surface area contributed by atoms with Gasteiger partial charge in [0.25, 0.3) is 0 Å². The maximum absolute atomic E-state index is 11.7. The highest BCUT2D eigenvalue weighted by atomic mass is 16.5. The fourth-order valence-corrected chi connectivity index (χ4v) is 1.41. The normalized spacial score (nSPS) is 11.9. The van der Waals surface area contributed by atoms with Gasteiger partial charge in [-0.15, -0.1) is 0 Å². The van der Waals surface area contributed by atoms with Gasteiger partial charge in [-0.25, -0.2) is 9.78 Å². The van der Waals surface area contributed by atoms with Crippen LogP contribution in [0.2, 0.25) is 0 Å². The van der Waals surface area contributed by atoms with Gasteiger partial charge in [0.15, 0.2) is 0 Å². The molecule has 0 aliphatic rings. The van der Waals surface area contributed by atoms with Crippen molar-refractivity contribution < 1.29 is 9.53 Å². The Balaban J connectivity index is 2.87. The summed E-state index contributed by atoms with van der Waals surface area (Å²) in [6.07, 6.45) is 2.50. The molecule has 0 aromatic carbocycles. The van der Waals surface area contributed by atoms with Crippen LogP contribution in [0.3, 0.4) is 0 Å². The molecule has 1 rings (SSSR count). The average molecular weight is 237 g/mol. The van der Waals surface area contributed by atoms with Crippen molar-refractivity contribution in [2.75, 3.05) is 18.5 Å². The number of pyridine rings is 1. The third kappa shape index (κ3) is 3.71. The van der Waals surface area contributed by atoms with Crippen LogP contribution < -0.4 is 11.1 Å². The van der Waals surface area contributed by atoms with E-state index in [0.717, 1.165) is 6.42 Å². The summed E-state index contributed by atoms with van der Waals surface area (Å²) in [6.45, 7) is 4.64. The van der Waals surface area contributed by atoms with Gasteiger partial charge >= 0.3 is 5.97 Å². The first kappa shape index (κ1) is 13.4. The van der Waals surface area contributed by atoms with Crippen LogP contribution in [0, 0.1) is 0 Å². The summed E-state index contributed by atoms with van der Waals surface area (Å²) in [7, 11) is 0. The maximum Gasteiger partial charge on any atom is 0.341 e. The second-order valence-electron chi connectivity index (χ2n) is 3.61. The van der Waals surface area contributed by atoms with Crippen LogP contribution in [-0.4, -0.2) is 30.1 Å². The largest absolute Gasteiger partial charge is 0.462 e. The van der Waals surface area contributed by atoms with Crippen molar-refractivity contribution in [3.05, 3.63) is 23.9 Å². The Morgan fingerprint density at radius 3 is 2.94 bits per heavy atom. The molecule has 1 atom stereocenters. The molecule has 1 aromatic heterocycles. The Morgan fingerprint density at radius 1 is 1.59 bits per heavy atom. The van der Waals surface area contributed by atoms with Gasteiger partial charge in [-0.05, 0) is 25.5 Å². The van der Waals surface area contributed by atoms with Gasteiger partial charge in [0.1, 0.15) is 11.4 Å². The molecule has 17 heavy (non-hydrogen) atoms. The number of esters is 1. The molecule has 0 saturated heterocycles. The van der Waals surface area contributed by atoms with Crippen molar-refractivity contribution in [2.45, 2.75) is 26.3 Å². The summed E-state index contributed by atoms with van der Waals surface area (Å²) >= 11 is 0. The number of nitrogens with one attached hydrogen (secondary N) is 1. The fraction of sp³-hybridized carbons (Fsp3) is 0.500. The van der Waals surface area contributed by atoms with E-state index in [-0.39, 0.29) is 12.0 Å². The lowest BCUT2D eigenvalue weighted by Crippen LogP contribution is -2.29. The average Bonchev–Trinajstić information content (AvgIpc) is 2.36. The lowest BCUT2D eigenvalue weighted by atomic mass is 10.2. The van der Waals surface area contributed by atoms with Crippen LogP contribution in [0.25, 0.3) is 0 Å². The predicted molar refractivity (Wildman–Crippen MR) is 66.9 cm³/mol. The number of ether oxygens (including phenoxy) is 1. The van der Waals surface area contributed by atoms with Crippen molar-refractivity contribution >= 4 is 11.8 Å². The SMILES string of the molecule is CCOC(=O)c1cccnc1NC(CC)CN. The Morgan fingerprint density at radius 2 is 2.35 bits per heavy atom. The van der Waals surface area contributed by atoms with Crippen LogP contribution in [0.4, 0.5) is 5.82 Å². The molecular weight excluding hydrogens is 218 g/mol. The number of nitrogens with zero attached hydrogens (tertiary/aromatic N) is 1. The molecule has 0 saturated carbocycles. The van der Waals surface area contributed by atoms with E-state index in [9.17, 15) is 4.79 Å². The van der Waals surface area contributed by atoms with Gasteiger partial charge in [-0.1, -0.05) is 6.92 Å². The van der Waals surface area contributed by atoms with E-state index in [4.69, 9.17) is 10.5 Å². The molecule has 0 fully saturated rings. The molecule has 0 aliphatic heterocycles. The molecule has 5 heteroatoms. The standard InChI is InChI=1S/C12H19N3O2/c1-3-9(8-13)15-11-10(6-5-7-14-11)12(16)17-4-2/h5-7,9H,3-4,8,13H2,1-2H3,(H,14,15). The van der Waals surface area contributed by atoms with E-state index >= 15 is 0 Å². The molecule has 0 aliphatic carbocycles. The number of carbonyl (C=O) groups excluding carboxylic acids is 1. The lowest BCUT2D eigenvalue weighted by Gasteiger charge is -2.17. The van der Waals surface area contributed by atoms with Gasteiger partial charge < -0.3 is 15.8 Å². The topological polar surface area (TPSA) is 77.2 Å². The van der Waals surface area contributed by atoms with Gasteiger partial charge in [0.05, 0.1) is 6.61 Å². The Bertz CT molecular complexity index is 365. The highest BCUT2D eigenvalue weighted by Gasteiger charge is 2.15. The second kappa shape index (κ2) is 6.85. The predicted octanol–water partition coefficient (Wildman–Crippen LogP) is 1.41. The van der Waals surface area contributed by atoms with Crippen molar-refractivity contribution in [1.82, 2.24) is 4.98 Å². The summed E-state index contributed by atoms with van der Waals surface area (Å²) in [5.74, 6) is 0.165. The number of anilines is 1. The van der Waals surface area contributed by atoms with E-state index in [1.807, 2.05) is 6.92 Å². The molecule has 3 N–H and O–H groups in total. The van der Waals surface area contributed by atoms with Crippen LogP contribution in [0.15, 0.2) is 18.3 Å². The molecule has 1 heterocycles. The van der Waals surface area contributed by atoms with E-state index in [0.29, 0.717) is 24.5 Å². The van der Waals surface area contributed by atoms with Crippen molar-refractivity contribution in [2.24, 2.45) is 5.73 Å². The molecule has 94 valence electrons. The van der Waals surface area contributed by atoms with E-state index < -0.39 is 0 Å². The van der Waals surface area contributed by atoms with Crippen molar-refractivity contribution in [1.29, 1.82) is 0 Å². The third-order valence-electron chi connectivity index (χ3n) is 2.42. The van der Waals surface area contributed by atoms with Gasteiger partial charge in [-0.2, -0.15) is 0 Å². The molecule has 5 nitrogen and oxygen atoms in total. The van der Waals surface area contributed by atoms with Crippen LogP contribution in [0.1, 0.15) is 30.6 Å². The lowest BCUT2D eigenvalue weighted by molar-refractivity contribution is 0.0527. The number of carbonyl (C=O) groups is 1. The van der Waals surface area contributed by atoms with Gasteiger partial charge in [-0.3, -0.25) is 0 Å². The summed E-state index contributed by atoms with van der Waals surface area (Å²) < 4.78 is 4.97. The summed E-state index contributed by atoms with van der Waals surface area (Å²) in [5, 5.41) is 3.15. The zero-order valence-corrected chi connectivity index (χ0v) is 10.3. The first-order valence-corrected chi connectivity index (χ1v) is 5.81. The minimum atomic E-state index is -0.366. The molecule has 1 aromatic rings. The number of hydrogen-bond acceptors (Lipinski definition) is 5. The highest BCUT2D eigenvalue weighted by molar-refractivity contribution is 5.94. The zero-order valence-electron chi connectivity index (χ0n) is 10.3. The number of rotatable bonds is 6. The Kier molecular flexibility index (Phi) is 5.42.